The number of fused-ring (bicyclic) bond motifs is 6. The Morgan fingerprint density at radius 2 is 1.12 bits per heavy atom. The smallest absolute Gasteiger partial charge is 0.136 e. The minimum absolute atomic E-state index is 0.0377. The molecule has 1 aromatic heterocycles. The summed E-state index contributed by atoms with van der Waals surface area (Å²) in [5.41, 5.74) is 4.31. The summed E-state index contributed by atoms with van der Waals surface area (Å²) in [5.74, 6) is 0. The molecule has 234 valence electrons. The van der Waals surface area contributed by atoms with Crippen molar-refractivity contribution in [2.24, 2.45) is 0 Å². The van der Waals surface area contributed by atoms with Crippen LogP contribution in [-0.2, 0) is 6.42 Å². The summed E-state index contributed by atoms with van der Waals surface area (Å²) >= 11 is 0. The molecule has 0 amide bonds. The lowest BCUT2D eigenvalue weighted by Gasteiger charge is -2.18. The van der Waals surface area contributed by atoms with Crippen LogP contribution < -0.4 is 0 Å². The molecule has 0 unspecified atom stereocenters. The van der Waals surface area contributed by atoms with E-state index in [0.29, 0.717) is 5.56 Å². The maximum atomic E-state index is 9.59. The molecule has 10 rings (SSSR count). The highest BCUT2D eigenvalue weighted by Crippen LogP contribution is 2.47. The van der Waals surface area contributed by atoms with Crippen molar-refractivity contribution in [1.29, 1.82) is 0 Å². The number of benzene rings is 9. The summed E-state index contributed by atoms with van der Waals surface area (Å²) in [6.45, 7) is 0. The van der Waals surface area contributed by atoms with E-state index >= 15 is 0 Å². The molecule has 0 aliphatic heterocycles. The lowest BCUT2D eigenvalue weighted by Crippen LogP contribution is -1.92. The van der Waals surface area contributed by atoms with Gasteiger partial charge in [0.15, 0.2) is 0 Å². The Morgan fingerprint density at radius 3 is 1.90 bits per heavy atom. The largest absolute Gasteiger partial charge is 0.456 e. The van der Waals surface area contributed by atoms with Gasteiger partial charge in [-0.05, 0) is 114 Å². The first-order valence-electron chi connectivity index (χ1n) is 21.9. The average molecular weight is 648 g/mol. The summed E-state index contributed by atoms with van der Waals surface area (Å²) in [5, 5.41) is 5.67. The molecule has 0 radical (unpaired) electrons. The van der Waals surface area contributed by atoms with Gasteiger partial charge in [0, 0.05) is 10.8 Å². The third-order valence-electron chi connectivity index (χ3n) is 9.45. The van der Waals surface area contributed by atoms with Crippen LogP contribution in [0.2, 0.25) is 0 Å². The molecule has 9 aromatic carbocycles. The molecule has 0 saturated carbocycles. The monoisotopic (exact) mass is 647 g/mol. The van der Waals surface area contributed by atoms with Gasteiger partial charge in [-0.2, -0.15) is 0 Å². The number of hydrogen-bond donors (Lipinski definition) is 0. The Kier molecular flexibility index (Phi) is 4.54. The molecule has 1 nitrogen and oxygen atoms in total. The topological polar surface area (TPSA) is 13.1 Å². The van der Waals surface area contributed by atoms with E-state index in [1.807, 2.05) is 66.7 Å². The van der Waals surface area contributed by atoms with E-state index < -0.39 is 60.8 Å². The van der Waals surface area contributed by atoms with Crippen molar-refractivity contribution in [1.82, 2.24) is 0 Å². The fourth-order valence-electron chi connectivity index (χ4n) is 7.24. The lowest BCUT2D eigenvalue weighted by atomic mass is 9.84. The van der Waals surface area contributed by atoms with Crippen LogP contribution in [0.4, 0.5) is 0 Å². The Morgan fingerprint density at radius 1 is 0.440 bits per heavy atom. The predicted octanol–water partition coefficient (Wildman–Crippen LogP) is 13.6. The molecule has 0 spiro atoms. The van der Waals surface area contributed by atoms with Gasteiger partial charge >= 0.3 is 0 Å². The van der Waals surface area contributed by atoms with Crippen molar-refractivity contribution in [3.63, 3.8) is 0 Å². The van der Waals surface area contributed by atoms with Crippen LogP contribution in [0, 0.1) is 0 Å². The first-order valence-corrected chi connectivity index (χ1v) is 16.4. The maximum Gasteiger partial charge on any atom is 0.136 e. The zero-order valence-corrected chi connectivity index (χ0v) is 26.6. The van der Waals surface area contributed by atoms with Crippen molar-refractivity contribution < 1.29 is 19.5 Å². The first kappa shape index (κ1) is 19.5. The van der Waals surface area contributed by atoms with Crippen molar-refractivity contribution in [2.75, 3.05) is 0 Å². The maximum absolute atomic E-state index is 9.59. The number of furan rings is 1. The van der Waals surface area contributed by atoms with E-state index in [1.54, 1.807) is 0 Å². The molecule has 0 fully saturated rings. The van der Waals surface area contributed by atoms with Gasteiger partial charge in [-0.15, -0.1) is 0 Å². The molecule has 50 heavy (non-hydrogen) atoms. The Hall–Kier alpha value is -6.44. The average Bonchev–Trinajstić information content (AvgIpc) is 3.69. The van der Waals surface area contributed by atoms with Crippen LogP contribution in [-0.4, -0.2) is 0 Å². The van der Waals surface area contributed by atoms with Crippen molar-refractivity contribution >= 4 is 54.3 Å². The highest BCUT2D eigenvalue weighted by molar-refractivity contribution is 6.25. The zero-order valence-electron chi connectivity index (χ0n) is 37.6. The van der Waals surface area contributed by atoms with Crippen molar-refractivity contribution in [3.8, 4) is 33.4 Å². The molecule has 0 bridgehead atoms. The molecule has 10 aromatic rings. The molecule has 0 aliphatic rings. The molecular formula is C49H32O. The molecular weight excluding hydrogens is 605 g/mol. The van der Waals surface area contributed by atoms with Gasteiger partial charge in [0.05, 0.1) is 15.1 Å². The second kappa shape index (κ2) is 11.6. The number of hydrogen-bond acceptors (Lipinski definition) is 1. The van der Waals surface area contributed by atoms with Gasteiger partial charge in [-0.3, -0.25) is 0 Å². The summed E-state index contributed by atoms with van der Waals surface area (Å²) in [6, 6.07) is 33.7. The van der Waals surface area contributed by atoms with E-state index in [9.17, 15) is 2.74 Å². The predicted molar refractivity (Wildman–Crippen MR) is 212 cm³/mol. The highest BCUT2D eigenvalue weighted by atomic mass is 16.3. The van der Waals surface area contributed by atoms with Crippen LogP contribution in [0.1, 0.15) is 26.2 Å². The van der Waals surface area contributed by atoms with Crippen LogP contribution in [0.15, 0.2) is 186 Å². The molecule has 0 N–H and O–H groups in total. The lowest BCUT2D eigenvalue weighted by molar-refractivity contribution is 0.669. The van der Waals surface area contributed by atoms with Crippen molar-refractivity contribution in [2.45, 2.75) is 6.42 Å². The second-order valence-electron chi connectivity index (χ2n) is 12.4. The van der Waals surface area contributed by atoms with E-state index in [0.717, 1.165) is 54.6 Å². The van der Waals surface area contributed by atoms with Gasteiger partial charge in [0.2, 0.25) is 0 Å². The van der Waals surface area contributed by atoms with Crippen LogP contribution in [0.25, 0.3) is 87.6 Å². The summed E-state index contributed by atoms with van der Waals surface area (Å²) in [6.07, 6.45) is -0.423. The Balaban J connectivity index is 1.28. The second-order valence-corrected chi connectivity index (χ2v) is 12.4. The summed E-state index contributed by atoms with van der Waals surface area (Å²) in [7, 11) is 0. The van der Waals surface area contributed by atoms with Gasteiger partial charge < -0.3 is 4.42 Å². The Labute approximate surface area is 306 Å². The molecule has 0 atom stereocenters. The quantitative estimate of drug-likeness (QED) is 0.169. The highest BCUT2D eigenvalue weighted by Gasteiger charge is 2.20. The number of rotatable bonds is 5. The SMILES string of the molecule is [2H]c1c([2H])c([2H])c(Cc2c([2H])c([2H])c3oc4c([2H])c([2H])c([2H])c(-c5c6ccccc6c(-c6cccc(-c7ccc8ccccc8c7)c6)c6ccccc56)c4c3c2[2H])c([2H])c1[2H]. The third-order valence-corrected chi connectivity index (χ3v) is 9.45. The van der Waals surface area contributed by atoms with E-state index in [4.69, 9.17) is 16.8 Å². The van der Waals surface area contributed by atoms with E-state index in [-0.39, 0.29) is 50.7 Å². The fraction of sp³-hybridized carbons (Fsp3) is 0.0204. The van der Waals surface area contributed by atoms with E-state index in [2.05, 4.69) is 48.5 Å². The molecule has 0 aliphatic carbocycles. The van der Waals surface area contributed by atoms with Crippen LogP contribution in [0.5, 0.6) is 0 Å². The van der Waals surface area contributed by atoms with Crippen LogP contribution >= 0.6 is 0 Å². The first-order chi connectivity index (χ1) is 29.4. The summed E-state index contributed by atoms with van der Waals surface area (Å²) < 4.78 is 103. The third kappa shape index (κ3) is 4.70. The van der Waals surface area contributed by atoms with E-state index in [1.165, 1.54) is 0 Å². The van der Waals surface area contributed by atoms with Gasteiger partial charge in [0.25, 0.3) is 0 Å². The van der Waals surface area contributed by atoms with Gasteiger partial charge in [-0.1, -0.05) is 151 Å². The minimum atomic E-state index is -0.571. The summed E-state index contributed by atoms with van der Waals surface area (Å²) in [4.78, 5) is 0. The zero-order chi connectivity index (χ0) is 42.6. The van der Waals surface area contributed by atoms with Gasteiger partial charge in [-0.25, -0.2) is 0 Å². The normalized spacial score (nSPS) is 14.8. The molecule has 0 saturated heterocycles. The van der Waals surface area contributed by atoms with Crippen LogP contribution in [0.3, 0.4) is 0 Å². The standard InChI is InChI=1S/C49H32O/c1-2-12-32(13-3-1)28-33-24-27-45-44(29-33)49-43(22-11-23-46(49)50-45)48-41-20-8-6-18-39(41)47(40-19-7-9-21-42(40)48)38-17-10-16-36(31-38)37-26-25-34-14-4-5-15-35(34)30-37/h1-27,29-31H,28H2/i1D,2D,3D,11D,12D,13D,22D,23D,24D,27D,29D. The molecule has 1 heteroatoms. The van der Waals surface area contributed by atoms with Gasteiger partial charge in [0.1, 0.15) is 11.2 Å². The minimum Gasteiger partial charge on any atom is -0.456 e. The molecule has 1 heterocycles. The Bertz CT molecular complexity index is 3450. The fourth-order valence-corrected chi connectivity index (χ4v) is 7.24. The van der Waals surface area contributed by atoms with Crippen molar-refractivity contribution in [3.05, 3.63) is 193 Å².